The van der Waals surface area contributed by atoms with Crippen molar-refractivity contribution in [2.45, 2.75) is 12.7 Å². The van der Waals surface area contributed by atoms with Crippen LogP contribution in [-0.2, 0) is 15.4 Å². The molecule has 1 atom stereocenters. The molecule has 0 aliphatic carbocycles. The lowest BCUT2D eigenvalue weighted by Crippen LogP contribution is -2.58. The van der Waals surface area contributed by atoms with E-state index in [-0.39, 0.29) is 0 Å². The second-order valence-corrected chi connectivity index (χ2v) is 5.27. The molecule has 3 heterocycles. The third-order valence-corrected chi connectivity index (χ3v) is 4.00. The number of amides is 1. The second kappa shape index (κ2) is 4.66. The summed E-state index contributed by atoms with van der Waals surface area (Å²) in [7, 11) is 0. The van der Waals surface area contributed by atoms with Crippen LogP contribution in [0.3, 0.4) is 0 Å². The summed E-state index contributed by atoms with van der Waals surface area (Å²) in [6.45, 7) is 1.78. The van der Waals surface area contributed by atoms with Crippen LogP contribution in [0.15, 0.2) is 46.2 Å². The maximum atomic E-state index is 11.6. The van der Waals surface area contributed by atoms with Gasteiger partial charge < -0.3 is 15.9 Å². The Bertz CT molecular complexity index is 622. The summed E-state index contributed by atoms with van der Waals surface area (Å²) < 4.78 is 0. The summed E-state index contributed by atoms with van der Waals surface area (Å²) in [5.41, 5.74) is 9.15. The Labute approximate surface area is 119 Å². The number of hydrogen-bond donors (Lipinski definition) is 3. The number of carbonyl (C=O) groups is 1. The van der Waals surface area contributed by atoms with E-state index in [2.05, 4.69) is 15.9 Å². The van der Waals surface area contributed by atoms with Crippen LogP contribution in [0.1, 0.15) is 11.8 Å². The summed E-state index contributed by atoms with van der Waals surface area (Å²) in [5.74, 6) is -1.52. The highest BCUT2D eigenvalue weighted by atomic mass is 32.1. The Balaban J connectivity index is 2.08. The highest BCUT2D eigenvalue weighted by Gasteiger charge is 2.43. The standard InChI is InChI=1S/C12H13N5O2S/c1-8-7-14-12(9-3-2-6-20-9,15-10(8)11(13)18)17-4-5-19-16-17/h2-7,15-16H,1H3,(H2,13,18). The summed E-state index contributed by atoms with van der Waals surface area (Å²) in [6.07, 6.45) is 4.80. The van der Waals surface area contributed by atoms with Gasteiger partial charge in [-0.1, -0.05) is 11.7 Å². The molecule has 1 unspecified atom stereocenters. The normalized spacial score (nSPS) is 24.8. The van der Waals surface area contributed by atoms with Crippen molar-refractivity contribution in [3.8, 4) is 0 Å². The van der Waals surface area contributed by atoms with E-state index in [0.717, 1.165) is 4.88 Å². The molecule has 104 valence electrons. The molecule has 0 saturated heterocycles. The number of hydrazine groups is 1. The lowest BCUT2D eigenvalue weighted by molar-refractivity contribution is -0.116. The SMILES string of the molecule is CC1=C(C(N)=O)NC(c2cccs2)(N2C=CON2)N=C1. The predicted octanol–water partition coefficient (Wildman–Crippen LogP) is 0.515. The van der Waals surface area contributed by atoms with Crippen molar-refractivity contribution < 1.29 is 9.63 Å². The molecule has 0 radical (unpaired) electrons. The molecule has 8 heteroatoms. The molecule has 3 rings (SSSR count). The highest BCUT2D eigenvalue weighted by molar-refractivity contribution is 7.10. The first-order valence-electron chi connectivity index (χ1n) is 5.89. The monoisotopic (exact) mass is 291 g/mol. The van der Waals surface area contributed by atoms with Crippen LogP contribution in [0, 0.1) is 0 Å². The quantitative estimate of drug-likeness (QED) is 0.755. The lowest BCUT2D eigenvalue weighted by atomic mass is 10.1. The number of aliphatic imine (C=N–C) groups is 1. The fourth-order valence-corrected chi connectivity index (χ4v) is 2.87. The van der Waals surface area contributed by atoms with E-state index >= 15 is 0 Å². The van der Waals surface area contributed by atoms with Crippen molar-refractivity contribution >= 4 is 23.5 Å². The number of thiophene rings is 1. The molecule has 2 aliphatic heterocycles. The minimum Gasteiger partial charge on any atom is -0.395 e. The van der Waals surface area contributed by atoms with Crippen molar-refractivity contribution in [3.05, 3.63) is 46.1 Å². The summed E-state index contributed by atoms with van der Waals surface area (Å²) >= 11 is 1.51. The van der Waals surface area contributed by atoms with Crippen molar-refractivity contribution in [1.29, 1.82) is 0 Å². The van der Waals surface area contributed by atoms with Gasteiger partial charge in [0.15, 0.2) is 0 Å². The Morgan fingerprint density at radius 3 is 3.05 bits per heavy atom. The van der Waals surface area contributed by atoms with E-state index in [1.165, 1.54) is 17.6 Å². The Morgan fingerprint density at radius 1 is 1.60 bits per heavy atom. The fraction of sp³-hybridized carbons (Fsp3) is 0.167. The molecule has 0 bridgehead atoms. The van der Waals surface area contributed by atoms with Gasteiger partial charge in [-0.3, -0.25) is 4.79 Å². The van der Waals surface area contributed by atoms with E-state index < -0.39 is 11.7 Å². The van der Waals surface area contributed by atoms with Crippen LogP contribution >= 0.6 is 11.3 Å². The van der Waals surface area contributed by atoms with Gasteiger partial charge in [0.2, 0.25) is 0 Å². The molecule has 7 nitrogen and oxygen atoms in total. The van der Waals surface area contributed by atoms with E-state index in [0.29, 0.717) is 11.3 Å². The van der Waals surface area contributed by atoms with Gasteiger partial charge in [0.25, 0.3) is 11.7 Å². The number of nitrogens with one attached hydrogen (secondary N) is 2. The third-order valence-electron chi connectivity index (χ3n) is 3.03. The van der Waals surface area contributed by atoms with E-state index in [9.17, 15) is 4.79 Å². The van der Waals surface area contributed by atoms with Gasteiger partial charge in [0.1, 0.15) is 12.0 Å². The molecule has 1 aromatic heterocycles. The molecule has 0 spiro atoms. The first-order valence-corrected chi connectivity index (χ1v) is 6.77. The van der Waals surface area contributed by atoms with Gasteiger partial charge in [-0.15, -0.1) is 11.3 Å². The smallest absolute Gasteiger partial charge is 0.265 e. The van der Waals surface area contributed by atoms with E-state index in [1.807, 2.05) is 17.5 Å². The van der Waals surface area contributed by atoms with Gasteiger partial charge in [0, 0.05) is 6.21 Å². The first-order chi connectivity index (χ1) is 9.63. The molecule has 2 aliphatic rings. The number of hydrogen-bond acceptors (Lipinski definition) is 7. The van der Waals surface area contributed by atoms with Crippen LogP contribution in [0.5, 0.6) is 0 Å². The molecular formula is C12H13N5O2S. The maximum absolute atomic E-state index is 11.6. The van der Waals surface area contributed by atoms with Crippen molar-refractivity contribution in [2.75, 3.05) is 0 Å². The number of nitrogens with zero attached hydrogens (tertiary/aromatic N) is 2. The van der Waals surface area contributed by atoms with Gasteiger partial charge >= 0.3 is 0 Å². The minimum absolute atomic E-state index is 0.329. The Hall–Kier alpha value is -2.32. The van der Waals surface area contributed by atoms with Crippen molar-refractivity contribution in [3.63, 3.8) is 0 Å². The molecule has 4 N–H and O–H groups in total. The van der Waals surface area contributed by atoms with Gasteiger partial charge in [-0.05, 0) is 23.9 Å². The zero-order valence-electron chi connectivity index (χ0n) is 10.7. The molecule has 0 saturated carbocycles. The summed E-state index contributed by atoms with van der Waals surface area (Å²) in [6, 6.07) is 3.83. The molecule has 1 amide bonds. The topological polar surface area (TPSA) is 92.0 Å². The summed E-state index contributed by atoms with van der Waals surface area (Å²) in [4.78, 5) is 22.0. The van der Waals surface area contributed by atoms with Crippen molar-refractivity contribution in [2.24, 2.45) is 10.7 Å². The second-order valence-electron chi connectivity index (χ2n) is 4.32. The Kier molecular flexibility index (Phi) is 2.96. The number of primary amides is 1. The van der Waals surface area contributed by atoms with Crippen LogP contribution in [-0.4, -0.2) is 17.1 Å². The molecule has 0 fully saturated rings. The zero-order chi connectivity index (χ0) is 14.2. The average molecular weight is 291 g/mol. The van der Waals surface area contributed by atoms with Gasteiger partial charge in [-0.25, -0.2) is 10.0 Å². The minimum atomic E-state index is -0.995. The first kappa shape index (κ1) is 12.7. The predicted molar refractivity (Wildman–Crippen MR) is 74.7 cm³/mol. The van der Waals surface area contributed by atoms with Gasteiger partial charge in [0.05, 0.1) is 11.1 Å². The largest absolute Gasteiger partial charge is 0.395 e. The van der Waals surface area contributed by atoms with E-state index in [1.54, 1.807) is 24.3 Å². The van der Waals surface area contributed by atoms with Crippen LogP contribution in [0.4, 0.5) is 0 Å². The van der Waals surface area contributed by atoms with Crippen molar-refractivity contribution in [1.82, 2.24) is 15.9 Å². The van der Waals surface area contributed by atoms with Crippen LogP contribution in [0.2, 0.25) is 0 Å². The summed E-state index contributed by atoms with van der Waals surface area (Å²) in [5, 5.41) is 6.67. The zero-order valence-corrected chi connectivity index (χ0v) is 11.5. The fourth-order valence-electron chi connectivity index (χ4n) is 2.04. The van der Waals surface area contributed by atoms with Gasteiger partial charge in [-0.2, -0.15) is 0 Å². The number of nitrogens with two attached hydrogens (primary N) is 1. The number of carbonyl (C=O) groups excluding carboxylic acids is 1. The molecule has 20 heavy (non-hydrogen) atoms. The number of rotatable bonds is 3. The third kappa shape index (κ3) is 1.86. The van der Waals surface area contributed by atoms with Crippen LogP contribution < -0.4 is 16.6 Å². The Morgan fingerprint density at radius 2 is 2.45 bits per heavy atom. The molecule has 0 aromatic carbocycles. The van der Waals surface area contributed by atoms with Crippen LogP contribution in [0.25, 0.3) is 0 Å². The average Bonchev–Trinajstić information content (AvgIpc) is 3.13. The molecular weight excluding hydrogens is 278 g/mol. The lowest BCUT2D eigenvalue weighted by Gasteiger charge is -2.39. The van der Waals surface area contributed by atoms with E-state index in [4.69, 9.17) is 10.6 Å². The molecule has 1 aromatic rings. The maximum Gasteiger partial charge on any atom is 0.265 e. The number of allylic oxidation sites excluding steroid dienone is 1. The highest BCUT2D eigenvalue weighted by Crippen LogP contribution is 2.34.